The number of hydrogen-bond donors (Lipinski definition) is 1. The molecule has 0 aliphatic heterocycles. The van der Waals surface area contributed by atoms with E-state index >= 15 is 0 Å². The fourth-order valence-corrected chi connectivity index (χ4v) is 5.75. The molecule has 0 spiro atoms. The Kier molecular flexibility index (Phi) is 4.43. The molecule has 0 atom stereocenters. The molecule has 0 fully saturated rings. The Labute approximate surface area is 141 Å². The monoisotopic (exact) mass is 405 g/mol. The van der Waals surface area contributed by atoms with Crippen LogP contribution >= 0.6 is 38.9 Å². The summed E-state index contributed by atoms with van der Waals surface area (Å²) in [5.41, 5.74) is 1.37. The van der Waals surface area contributed by atoms with Gasteiger partial charge in [0.2, 0.25) is 10.0 Å². The van der Waals surface area contributed by atoms with E-state index in [2.05, 4.69) is 26.7 Å². The Morgan fingerprint density at radius 3 is 2.81 bits per heavy atom. The van der Waals surface area contributed by atoms with Crippen molar-refractivity contribution in [3.05, 3.63) is 49.1 Å². The highest BCUT2D eigenvalue weighted by molar-refractivity contribution is 9.10. The van der Waals surface area contributed by atoms with Crippen LogP contribution in [0, 0.1) is 0 Å². The second-order valence-electron chi connectivity index (χ2n) is 4.91. The average Bonchev–Trinajstić information content (AvgIpc) is 2.96. The minimum atomic E-state index is -3.59. The molecule has 0 unspecified atom stereocenters. The molecule has 1 aliphatic carbocycles. The van der Waals surface area contributed by atoms with Crippen molar-refractivity contribution in [2.45, 2.75) is 30.7 Å². The van der Waals surface area contributed by atoms with E-state index < -0.39 is 10.0 Å². The van der Waals surface area contributed by atoms with Gasteiger partial charge < -0.3 is 0 Å². The van der Waals surface area contributed by atoms with Crippen LogP contribution in [-0.4, -0.2) is 8.42 Å². The van der Waals surface area contributed by atoms with Crippen LogP contribution < -0.4 is 4.72 Å². The molecule has 1 aromatic heterocycles. The molecule has 0 saturated carbocycles. The lowest BCUT2D eigenvalue weighted by molar-refractivity contribution is 0.582. The highest BCUT2D eigenvalue weighted by atomic mass is 79.9. The molecular weight excluding hydrogens is 394 g/mol. The fourth-order valence-electron chi connectivity index (χ4n) is 2.41. The topological polar surface area (TPSA) is 46.2 Å². The summed E-state index contributed by atoms with van der Waals surface area (Å²) >= 11 is 11.0. The zero-order chi connectivity index (χ0) is 15.0. The summed E-state index contributed by atoms with van der Waals surface area (Å²) in [7, 11) is -3.59. The third-order valence-corrected chi connectivity index (χ3v) is 7.03. The minimum absolute atomic E-state index is 0.108. The van der Waals surface area contributed by atoms with E-state index in [0.29, 0.717) is 6.54 Å². The van der Waals surface area contributed by atoms with Gasteiger partial charge in [-0.1, -0.05) is 27.5 Å². The van der Waals surface area contributed by atoms with Crippen LogP contribution in [0.15, 0.2) is 33.6 Å². The Morgan fingerprint density at radius 1 is 1.29 bits per heavy atom. The van der Waals surface area contributed by atoms with Gasteiger partial charge in [0, 0.05) is 20.8 Å². The van der Waals surface area contributed by atoms with Gasteiger partial charge in [0.15, 0.2) is 0 Å². The highest BCUT2D eigenvalue weighted by Crippen LogP contribution is 2.31. The zero-order valence-corrected chi connectivity index (χ0v) is 15.0. The highest BCUT2D eigenvalue weighted by Gasteiger charge is 2.19. The van der Waals surface area contributed by atoms with Crippen LogP contribution in [0.2, 0.25) is 5.02 Å². The molecule has 7 heteroatoms. The van der Waals surface area contributed by atoms with Gasteiger partial charge >= 0.3 is 0 Å². The molecule has 21 heavy (non-hydrogen) atoms. The van der Waals surface area contributed by atoms with E-state index in [0.717, 1.165) is 22.2 Å². The van der Waals surface area contributed by atoms with Crippen molar-refractivity contribution in [2.24, 2.45) is 0 Å². The lowest BCUT2D eigenvalue weighted by atomic mass is 10.2. The molecule has 0 radical (unpaired) electrons. The van der Waals surface area contributed by atoms with Gasteiger partial charge in [-0.25, -0.2) is 13.1 Å². The summed E-state index contributed by atoms with van der Waals surface area (Å²) in [6.07, 6.45) is 3.43. The maximum absolute atomic E-state index is 12.3. The van der Waals surface area contributed by atoms with E-state index in [9.17, 15) is 8.42 Å². The predicted octanol–water partition coefficient (Wildman–Crippen LogP) is 4.13. The van der Waals surface area contributed by atoms with Crippen LogP contribution in [0.5, 0.6) is 0 Å². The number of benzene rings is 1. The molecule has 1 heterocycles. The summed E-state index contributed by atoms with van der Waals surface area (Å²) in [6.45, 7) is 0.312. The molecule has 3 nitrogen and oxygen atoms in total. The molecule has 1 N–H and O–H groups in total. The van der Waals surface area contributed by atoms with Gasteiger partial charge in [-0.05, 0) is 49.1 Å². The lowest BCUT2D eigenvalue weighted by Gasteiger charge is -2.07. The minimum Gasteiger partial charge on any atom is -0.207 e. The molecule has 1 aliphatic rings. The number of sulfonamides is 1. The Bertz CT molecular complexity index is 765. The average molecular weight is 407 g/mol. The number of hydrogen-bond acceptors (Lipinski definition) is 3. The maximum atomic E-state index is 12.3. The van der Waals surface area contributed by atoms with Gasteiger partial charge in [-0.3, -0.25) is 0 Å². The van der Waals surface area contributed by atoms with Gasteiger partial charge in [0.05, 0.1) is 5.02 Å². The van der Waals surface area contributed by atoms with Gasteiger partial charge in [0.25, 0.3) is 0 Å². The van der Waals surface area contributed by atoms with Crippen molar-refractivity contribution in [1.29, 1.82) is 0 Å². The van der Waals surface area contributed by atoms with Crippen molar-refractivity contribution >= 4 is 48.9 Å². The van der Waals surface area contributed by atoms with E-state index in [4.69, 9.17) is 11.6 Å². The summed E-state index contributed by atoms with van der Waals surface area (Å²) in [5, 5.41) is 0.213. The third kappa shape index (κ3) is 3.35. The predicted molar refractivity (Wildman–Crippen MR) is 89.5 cm³/mol. The molecule has 0 bridgehead atoms. The van der Waals surface area contributed by atoms with Crippen LogP contribution in [0.1, 0.15) is 21.7 Å². The van der Waals surface area contributed by atoms with Crippen LogP contribution in [0.3, 0.4) is 0 Å². The van der Waals surface area contributed by atoms with Crippen molar-refractivity contribution in [3.8, 4) is 0 Å². The maximum Gasteiger partial charge on any atom is 0.242 e. The summed E-state index contributed by atoms with van der Waals surface area (Å²) < 4.78 is 28.0. The number of nitrogens with one attached hydrogen (secondary N) is 1. The number of aryl methyl sites for hydroxylation is 2. The fraction of sp³-hybridized carbons (Fsp3) is 0.286. The summed E-state index contributed by atoms with van der Waals surface area (Å²) in [5.74, 6) is 0. The van der Waals surface area contributed by atoms with Gasteiger partial charge in [-0.2, -0.15) is 0 Å². The molecule has 112 valence electrons. The Morgan fingerprint density at radius 2 is 2.10 bits per heavy atom. The van der Waals surface area contributed by atoms with Gasteiger partial charge in [-0.15, -0.1) is 11.3 Å². The van der Waals surface area contributed by atoms with E-state index in [1.807, 2.05) is 0 Å². The Balaban J connectivity index is 1.76. The van der Waals surface area contributed by atoms with Gasteiger partial charge in [0.1, 0.15) is 4.90 Å². The SMILES string of the molecule is O=S(=O)(NCc1cc2c(s1)CCC2)c1ccc(Br)cc1Cl. The van der Waals surface area contributed by atoms with Crippen LogP contribution in [0.25, 0.3) is 0 Å². The largest absolute Gasteiger partial charge is 0.242 e. The molecule has 0 amide bonds. The van der Waals surface area contributed by atoms with E-state index in [-0.39, 0.29) is 9.92 Å². The first-order valence-electron chi connectivity index (χ1n) is 6.51. The van der Waals surface area contributed by atoms with Crippen molar-refractivity contribution in [1.82, 2.24) is 4.72 Å². The molecule has 0 saturated heterocycles. The van der Waals surface area contributed by atoms with Crippen molar-refractivity contribution in [2.75, 3.05) is 0 Å². The van der Waals surface area contributed by atoms with Crippen molar-refractivity contribution in [3.63, 3.8) is 0 Å². The normalized spacial score (nSPS) is 14.4. The molecular formula is C14H13BrClNO2S2. The quantitative estimate of drug-likeness (QED) is 0.830. The lowest BCUT2D eigenvalue weighted by Crippen LogP contribution is -2.23. The second-order valence-corrected chi connectivity index (χ2v) is 9.19. The standard InChI is InChI=1S/C14H13BrClNO2S2/c15-10-4-5-14(12(16)7-10)21(18,19)17-8-11-6-9-2-1-3-13(9)20-11/h4-7,17H,1-3,8H2. The van der Waals surface area contributed by atoms with E-state index in [1.165, 1.54) is 22.9 Å². The number of rotatable bonds is 4. The number of halogens is 2. The Hall–Kier alpha value is -0.400. The first-order valence-corrected chi connectivity index (χ1v) is 9.98. The molecule has 3 rings (SSSR count). The molecule has 1 aromatic carbocycles. The molecule has 2 aromatic rings. The smallest absolute Gasteiger partial charge is 0.207 e. The first-order chi connectivity index (χ1) is 9.95. The second kappa shape index (κ2) is 6.01. The summed E-state index contributed by atoms with van der Waals surface area (Å²) in [4.78, 5) is 2.55. The summed E-state index contributed by atoms with van der Waals surface area (Å²) in [6, 6.07) is 6.86. The van der Waals surface area contributed by atoms with Crippen LogP contribution in [0.4, 0.5) is 0 Å². The first kappa shape index (κ1) is 15.5. The number of fused-ring (bicyclic) bond motifs is 1. The zero-order valence-electron chi connectivity index (χ0n) is 11.0. The van der Waals surface area contributed by atoms with Crippen molar-refractivity contribution < 1.29 is 8.42 Å². The van der Waals surface area contributed by atoms with E-state index in [1.54, 1.807) is 23.5 Å². The van der Waals surface area contributed by atoms with Crippen LogP contribution in [-0.2, 0) is 29.4 Å². The third-order valence-electron chi connectivity index (χ3n) is 3.42. The number of thiophene rings is 1.